The van der Waals surface area contributed by atoms with E-state index in [-0.39, 0.29) is 5.69 Å². The number of benzene rings is 2. The molecule has 0 spiro atoms. The van der Waals surface area contributed by atoms with Crippen LogP contribution in [0.1, 0.15) is 22.8 Å². The Morgan fingerprint density at radius 2 is 1.81 bits per heavy atom. The van der Waals surface area contributed by atoms with Crippen molar-refractivity contribution in [3.63, 3.8) is 0 Å². The van der Waals surface area contributed by atoms with Crippen molar-refractivity contribution in [1.29, 1.82) is 0 Å². The SMILES string of the molecule is CCc1ccc(OC(=O)c2cn(C)nc2-c2ccc([N+](=O)[O-])cc2)cc1. The van der Waals surface area contributed by atoms with Gasteiger partial charge in [-0.3, -0.25) is 14.8 Å². The van der Waals surface area contributed by atoms with E-state index in [0.717, 1.165) is 12.0 Å². The summed E-state index contributed by atoms with van der Waals surface area (Å²) in [5.74, 6) is -0.0820. The second kappa shape index (κ2) is 7.18. The maximum atomic E-state index is 12.6. The number of ether oxygens (including phenoxy) is 1. The Labute approximate surface area is 150 Å². The van der Waals surface area contributed by atoms with Gasteiger partial charge < -0.3 is 4.74 Å². The molecule has 0 aliphatic carbocycles. The van der Waals surface area contributed by atoms with Crippen LogP contribution in [0.25, 0.3) is 11.3 Å². The lowest BCUT2D eigenvalue weighted by atomic mass is 10.1. The number of carbonyl (C=O) groups is 1. The van der Waals surface area contributed by atoms with Gasteiger partial charge in [0.2, 0.25) is 0 Å². The van der Waals surface area contributed by atoms with Gasteiger partial charge in [-0.05, 0) is 36.2 Å². The number of nitro benzene ring substituents is 1. The monoisotopic (exact) mass is 351 g/mol. The Morgan fingerprint density at radius 3 is 2.38 bits per heavy atom. The summed E-state index contributed by atoms with van der Waals surface area (Å²) in [4.78, 5) is 22.9. The molecule has 26 heavy (non-hydrogen) atoms. The zero-order valence-corrected chi connectivity index (χ0v) is 14.4. The Kier molecular flexibility index (Phi) is 4.79. The van der Waals surface area contributed by atoms with E-state index in [4.69, 9.17) is 4.74 Å². The van der Waals surface area contributed by atoms with Crippen molar-refractivity contribution >= 4 is 11.7 Å². The van der Waals surface area contributed by atoms with E-state index < -0.39 is 10.9 Å². The summed E-state index contributed by atoms with van der Waals surface area (Å²) in [5.41, 5.74) is 2.44. The minimum atomic E-state index is -0.532. The first-order chi connectivity index (χ1) is 12.5. The normalized spacial score (nSPS) is 10.5. The largest absolute Gasteiger partial charge is 0.423 e. The van der Waals surface area contributed by atoms with Crippen molar-refractivity contribution in [2.24, 2.45) is 7.05 Å². The number of nitro groups is 1. The number of nitrogens with zero attached hydrogens (tertiary/aromatic N) is 3. The van der Waals surface area contributed by atoms with Gasteiger partial charge in [-0.25, -0.2) is 4.79 Å². The molecule has 2 aromatic carbocycles. The summed E-state index contributed by atoms with van der Waals surface area (Å²) in [6, 6.07) is 13.2. The van der Waals surface area contributed by atoms with Crippen molar-refractivity contribution in [3.8, 4) is 17.0 Å². The summed E-state index contributed by atoms with van der Waals surface area (Å²) in [6.45, 7) is 2.05. The quantitative estimate of drug-likeness (QED) is 0.302. The average molecular weight is 351 g/mol. The van der Waals surface area contributed by atoms with Crippen molar-refractivity contribution in [2.75, 3.05) is 0 Å². The van der Waals surface area contributed by atoms with Gasteiger partial charge in [0.1, 0.15) is 17.0 Å². The molecule has 0 aliphatic rings. The van der Waals surface area contributed by atoms with Crippen LogP contribution in [-0.4, -0.2) is 20.7 Å². The molecule has 3 aromatic rings. The molecule has 1 aromatic heterocycles. The third kappa shape index (κ3) is 3.61. The number of hydrogen-bond acceptors (Lipinski definition) is 5. The molecule has 0 radical (unpaired) electrons. The molecule has 0 bridgehead atoms. The Balaban J connectivity index is 1.88. The standard InChI is InChI=1S/C19H17N3O4/c1-3-13-4-10-16(11-5-13)26-19(23)17-12-21(2)20-18(17)14-6-8-15(9-7-14)22(24)25/h4-12H,3H2,1-2H3. The molecule has 0 atom stereocenters. The van der Waals surface area contributed by atoms with Gasteiger partial charge in [-0.1, -0.05) is 19.1 Å². The molecule has 0 unspecified atom stereocenters. The first-order valence-electron chi connectivity index (χ1n) is 8.07. The third-order valence-electron chi connectivity index (χ3n) is 3.94. The lowest BCUT2D eigenvalue weighted by molar-refractivity contribution is -0.384. The van der Waals surface area contributed by atoms with Crippen LogP contribution >= 0.6 is 0 Å². The van der Waals surface area contributed by atoms with Crippen molar-refractivity contribution in [3.05, 3.63) is 76.0 Å². The fourth-order valence-electron chi connectivity index (χ4n) is 2.55. The lowest BCUT2D eigenvalue weighted by Gasteiger charge is -2.05. The highest BCUT2D eigenvalue weighted by Gasteiger charge is 2.20. The maximum Gasteiger partial charge on any atom is 0.347 e. The summed E-state index contributed by atoms with van der Waals surface area (Å²) in [5, 5.41) is 15.1. The number of esters is 1. The minimum Gasteiger partial charge on any atom is -0.423 e. The molecule has 0 N–H and O–H groups in total. The number of carbonyl (C=O) groups excluding carboxylic acids is 1. The third-order valence-corrected chi connectivity index (χ3v) is 3.94. The van der Waals surface area contributed by atoms with Crippen molar-refractivity contribution < 1.29 is 14.5 Å². The van der Waals surface area contributed by atoms with Crippen LogP contribution in [-0.2, 0) is 13.5 Å². The molecule has 1 heterocycles. The smallest absolute Gasteiger partial charge is 0.347 e. The predicted molar refractivity (Wildman–Crippen MR) is 96.1 cm³/mol. The molecule has 0 fully saturated rings. The van der Waals surface area contributed by atoms with E-state index in [0.29, 0.717) is 22.6 Å². The van der Waals surface area contributed by atoms with Crippen LogP contribution in [0.15, 0.2) is 54.7 Å². The summed E-state index contributed by atoms with van der Waals surface area (Å²) < 4.78 is 6.94. The highest BCUT2D eigenvalue weighted by Crippen LogP contribution is 2.25. The molecule has 132 valence electrons. The van der Waals surface area contributed by atoms with Crippen LogP contribution in [0.5, 0.6) is 5.75 Å². The average Bonchev–Trinajstić information content (AvgIpc) is 3.04. The number of non-ortho nitro benzene ring substituents is 1. The lowest BCUT2D eigenvalue weighted by Crippen LogP contribution is -2.09. The fraction of sp³-hybridized carbons (Fsp3) is 0.158. The topological polar surface area (TPSA) is 87.3 Å². The zero-order chi connectivity index (χ0) is 18.7. The molecule has 0 aliphatic heterocycles. The van der Waals surface area contributed by atoms with Crippen LogP contribution in [0, 0.1) is 10.1 Å². The summed E-state index contributed by atoms with van der Waals surface area (Å²) >= 11 is 0. The maximum absolute atomic E-state index is 12.6. The number of hydrogen-bond donors (Lipinski definition) is 0. The molecule has 7 heteroatoms. The van der Waals surface area contributed by atoms with Gasteiger partial charge in [0.05, 0.1) is 4.92 Å². The van der Waals surface area contributed by atoms with E-state index in [1.165, 1.54) is 16.8 Å². The minimum absolute atomic E-state index is 0.0233. The van der Waals surface area contributed by atoms with Gasteiger partial charge in [0.15, 0.2) is 0 Å². The molecule has 3 rings (SSSR count). The fourth-order valence-corrected chi connectivity index (χ4v) is 2.55. The first-order valence-corrected chi connectivity index (χ1v) is 8.07. The molecule has 7 nitrogen and oxygen atoms in total. The predicted octanol–water partition coefficient (Wildman–Crippen LogP) is 3.78. The highest BCUT2D eigenvalue weighted by atomic mass is 16.6. The summed E-state index contributed by atoms with van der Waals surface area (Å²) in [7, 11) is 1.70. The second-order valence-corrected chi connectivity index (χ2v) is 5.76. The summed E-state index contributed by atoms with van der Waals surface area (Å²) in [6.07, 6.45) is 2.47. The molecule has 0 amide bonds. The van der Waals surface area contributed by atoms with E-state index >= 15 is 0 Å². The van der Waals surface area contributed by atoms with Crippen LogP contribution in [0.2, 0.25) is 0 Å². The first kappa shape index (κ1) is 17.3. The zero-order valence-electron chi connectivity index (χ0n) is 14.4. The number of aryl methyl sites for hydroxylation is 2. The number of rotatable bonds is 5. The van der Waals surface area contributed by atoms with Gasteiger partial charge in [0.25, 0.3) is 5.69 Å². The van der Waals surface area contributed by atoms with Crippen molar-refractivity contribution in [1.82, 2.24) is 9.78 Å². The van der Waals surface area contributed by atoms with Gasteiger partial charge in [0, 0.05) is 30.9 Å². The van der Waals surface area contributed by atoms with E-state index in [1.807, 2.05) is 19.1 Å². The van der Waals surface area contributed by atoms with Crippen LogP contribution in [0.3, 0.4) is 0 Å². The van der Waals surface area contributed by atoms with Gasteiger partial charge in [-0.2, -0.15) is 5.10 Å². The molecular weight excluding hydrogens is 334 g/mol. The second-order valence-electron chi connectivity index (χ2n) is 5.76. The van der Waals surface area contributed by atoms with E-state index in [1.54, 1.807) is 37.5 Å². The Morgan fingerprint density at radius 1 is 1.15 bits per heavy atom. The molecule has 0 saturated carbocycles. The van der Waals surface area contributed by atoms with Gasteiger partial charge in [-0.15, -0.1) is 0 Å². The van der Waals surface area contributed by atoms with Crippen molar-refractivity contribution in [2.45, 2.75) is 13.3 Å². The Hall–Kier alpha value is -3.48. The van der Waals surface area contributed by atoms with Crippen LogP contribution in [0.4, 0.5) is 5.69 Å². The van der Waals surface area contributed by atoms with Gasteiger partial charge >= 0.3 is 5.97 Å². The van der Waals surface area contributed by atoms with E-state index in [9.17, 15) is 14.9 Å². The molecular formula is C19H17N3O4. The van der Waals surface area contributed by atoms with Crippen LogP contribution < -0.4 is 4.74 Å². The number of aromatic nitrogens is 2. The highest BCUT2D eigenvalue weighted by molar-refractivity contribution is 5.97. The molecule has 0 saturated heterocycles. The van der Waals surface area contributed by atoms with E-state index in [2.05, 4.69) is 5.10 Å². The Bertz CT molecular complexity index is 944.